The van der Waals surface area contributed by atoms with E-state index in [0.29, 0.717) is 49.6 Å². The van der Waals surface area contributed by atoms with Gasteiger partial charge in [-0.3, -0.25) is 9.59 Å². The third-order valence-electron chi connectivity index (χ3n) is 6.44. The molecule has 0 aliphatic carbocycles. The van der Waals surface area contributed by atoms with Crippen LogP contribution in [0.3, 0.4) is 0 Å². The van der Waals surface area contributed by atoms with Gasteiger partial charge in [-0.05, 0) is 35.0 Å². The summed E-state index contributed by atoms with van der Waals surface area (Å²) in [5, 5.41) is 18.6. The van der Waals surface area contributed by atoms with Crippen molar-refractivity contribution in [2.75, 3.05) is 27.4 Å². The van der Waals surface area contributed by atoms with Gasteiger partial charge in [-0.15, -0.1) is 22.7 Å². The summed E-state index contributed by atoms with van der Waals surface area (Å²) in [7, 11) is 2.85. The highest BCUT2D eigenvalue weighted by Crippen LogP contribution is 2.45. The first-order valence-electron chi connectivity index (χ1n) is 13.0. The van der Waals surface area contributed by atoms with E-state index in [1.165, 1.54) is 26.4 Å². The van der Waals surface area contributed by atoms with E-state index in [4.69, 9.17) is 29.2 Å². The Hall–Kier alpha value is -3.78. The summed E-state index contributed by atoms with van der Waals surface area (Å²) >= 11 is 1.71. The van der Waals surface area contributed by atoms with Crippen LogP contribution < -0.4 is 18.9 Å². The van der Waals surface area contributed by atoms with Crippen molar-refractivity contribution in [1.29, 1.82) is 0 Å². The third kappa shape index (κ3) is 7.79. The molecule has 0 saturated heterocycles. The molecule has 0 saturated carbocycles. The molecule has 232 valence electrons. The maximum Gasteiger partial charge on any atom is 0.303 e. The van der Waals surface area contributed by atoms with Crippen LogP contribution in [0.2, 0.25) is 0 Å². The molecule has 4 aromatic rings. The minimum Gasteiger partial charge on any atom is -0.493 e. The molecule has 0 unspecified atom stereocenters. The number of aliphatic carboxylic acids is 2. The van der Waals surface area contributed by atoms with E-state index in [9.17, 15) is 27.2 Å². The van der Waals surface area contributed by atoms with Crippen LogP contribution in [-0.2, 0) is 21.4 Å². The smallest absolute Gasteiger partial charge is 0.303 e. The molecule has 2 N–H and O–H groups in total. The molecule has 0 fully saturated rings. The van der Waals surface area contributed by atoms with Crippen LogP contribution in [0, 0.1) is 0 Å². The molecule has 0 amide bonds. The zero-order valence-corrected chi connectivity index (χ0v) is 24.7. The zero-order valence-electron chi connectivity index (χ0n) is 23.1. The number of hydrogen-bond donors (Lipinski definition) is 2. The van der Waals surface area contributed by atoms with Gasteiger partial charge in [0.25, 0.3) is 11.8 Å². The summed E-state index contributed by atoms with van der Waals surface area (Å²) in [5.74, 6) is -7.81. The molecule has 0 bridgehead atoms. The van der Waals surface area contributed by atoms with Crippen LogP contribution in [-0.4, -0.2) is 49.6 Å². The highest BCUT2D eigenvalue weighted by atomic mass is 32.1. The Labute approximate surface area is 251 Å². The van der Waals surface area contributed by atoms with Gasteiger partial charge >= 0.3 is 11.9 Å². The lowest BCUT2D eigenvalue weighted by atomic mass is 10.1. The molecule has 0 atom stereocenters. The molecular formula is C29H28F4O8S2. The molecular weight excluding hydrogens is 616 g/mol. The molecule has 2 heterocycles. The second-order valence-electron chi connectivity index (χ2n) is 9.55. The number of alkyl halides is 4. The van der Waals surface area contributed by atoms with Gasteiger partial charge in [0.2, 0.25) is 0 Å². The maximum absolute atomic E-state index is 14.5. The first-order chi connectivity index (χ1) is 20.3. The van der Waals surface area contributed by atoms with Crippen molar-refractivity contribution in [3.63, 3.8) is 0 Å². The summed E-state index contributed by atoms with van der Waals surface area (Å²) in [5.41, 5.74) is 0. The summed E-state index contributed by atoms with van der Waals surface area (Å²) in [6.45, 7) is 0.358. The van der Waals surface area contributed by atoms with E-state index < -0.39 is 49.5 Å². The van der Waals surface area contributed by atoms with Crippen LogP contribution in [0.25, 0.3) is 20.2 Å². The number of methoxy groups -OCH3 is 2. The predicted octanol–water partition coefficient (Wildman–Crippen LogP) is 7.89. The van der Waals surface area contributed by atoms with Crippen molar-refractivity contribution >= 4 is 54.8 Å². The van der Waals surface area contributed by atoms with Crippen LogP contribution in [0.4, 0.5) is 17.6 Å². The summed E-state index contributed by atoms with van der Waals surface area (Å²) in [6, 6.07) is 8.98. The molecule has 14 heteroatoms. The van der Waals surface area contributed by atoms with Gasteiger partial charge < -0.3 is 29.2 Å². The van der Waals surface area contributed by atoms with Crippen LogP contribution >= 0.6 is 22.7 Å². The molecule has 4 rings (SSSR count). The molecule has 2 aromatic carbocycles. The van der Waals surface area contributed by atoms with Gasteiger partial charge in [0.1, 0.15) is 0 Å². The Morgan fingerprint density at radius 2 is 1.07 bits per heavy atom. The second-order valence-corrected chi connectivity index (χ2v) is 11.7. The number of hydrogen-bond acceptors (Lipinski definition) is 8. The second kappa shape index (κ2) is 13.2. The van der Waals surface area contributed by atoms with Crippen LogP contribution in [0.5, 0.6) is 23.0 Å². The van der Waals surface area contributed by atoms with Gasteiger partial charge in [0.15, 0.2) is 23.0 Å². The van der Waals surface area contributed by atoms with Crippen LogP contribution in [0.1, 0.15) is 41.9 Å². The number of carboxylic acid groups (broad SMARTS) is 2. The highest BCUT2D eigenvalue weighted by molar-refractivity contribution is 7.19. The minimum atomic E-state index is -3.29. The molecule has 0 aliphatic rings. The SMILES string of the molecule is COc1cc2cc(C(F)(F)CCC(=O)O)sc2cc1OCCCOc1cc2sc(C(F)(F)CCC(=O)O)cc2cc1OC. The number of carboxylic acids is 2. The lowest BCUT2D eigenvalue weighted by Crippen LogP contribution is -2.13. The van der Waals surface area contributed by atoms with Gasteiger partial charge in [-0.25, -0.2) is 17.6 Å². The lowest BCUT2D eigenvalue weighted by molar-refractivity contribution is -0.140. The normalized spacial score (nSPS) is 12.0. The minimum absolute atomic E-state index is 0.179. The number of halogens is 4. The average molecular weight is 645 g/mol. The van der Waals surface area contributed by atoms with Gasteiger partial charge in [0, 0.05) is 40.8 Å². The van der Waals surface area contributed by atoms with E-state index >= 15 is 0 Å². The van der Waals surface area contributed by atoms with Crippen molar-refractivity contribution in [3.8, 4) is 23.0 Å². The number of carbonyl (C=O) groups is 2. The molecule has 8 nitrogen and oxygen atoms in total. The topological polar surface area (TPSA) is 112 Å². The van der Waals surface area contributed by atoms with E-state index in [1.807, 2.05) is 0 Å². The van der Waals surface area contributed by atoms with Crippen molar-refractivity contribution in [3.05, 3.63) is 46.2 Å². The summed E-state index contributed by atoms with van der Waals surface area (Å²) in [6.07, 6.45) is -2.52. The molecule has 43 heavy (non-hydrogen) atoms. The fourth-order valence-electron chi connectivity index (χ4n) is 4.20. The summed E-state index contributed by atoms with van der Waals surface area (Å²) in [4.78, 5) is 21.0. The Bertz CT molecular complexity index is 1500. The Morgan fingerprint density at radius 3 is 1.42 bits per heavy atom. The van der Waals surface area contributed by atoms with Crippen molar-refractivity contribution in [2.45, 2.75) is 43.9 Å². The highest BCUT2D eigenvalue weighted by Gasteiger charge is 2.35. The molecule has 0 aliphatic heterocycles. The number of benzene rings is 2. The predicted molar refractivity (Wildman–Crippen MR) is 154 cm³/mol. The van der Waals surface area contributed by atoms with Crippen molar-refractivity contribution in [2.24, 2.45) is 0 Å². The Balaban J connectivity index is 1.39. The Morgan fingerprint density at radius 1 is 0.674 bits per heavy atom. The van der Waals surface area contributed by atoms with E-state index in [-0.39, 0.29) is 23.0 Å². The lowest BCUT2D eigenvalue weighted by Gasteiger charge is -2.13. The quantitative estimate of drug-likeness (QED) is 0.0936. The van der Waals surface area contributed by atoms with Gasteiger partial charge in [0.05, 0.1) is 50.0 Å². The maximum atomic E-state index is 14.5. The zero-order chi connectivity index (χ0) is 31.4. The van der Waals surface area contributed by atoms with Crippen molar-refractivity contribution in [1.82, 2.24) is 0 Å². The van der Waals surface area contributed by atoms with Gasteiger partial charge in [-0.1, -0.05) is 0 Å². The number of ether oxygens (including phenoxy) is 4. The molecule has 0 radical (unpaired) electrons. The molecule has 0 spiro atoms. The fraction of sp³-hybridized carbons (Fsp3) is 0.379. The average Bonchev–Trinajstić information content (AvgIpc) is 3.58. The number of fused-ring (bicyclic) bond motifs is 2. The van der Waals surface area contributed by atoms with E-state index in [0.717, 1.165) is 22.7 Å². The van der Waals surface area contributed by atoms with Crippen LogP contribution in [0.15, 0.2) is 36.4 Å². The summed E-state index contributed by atoms with van der Waals surface area (Å²) < 4.78 is 81.6. The first-order valence-corrected chi connectivity index (χ1v) is 14.6. The monoisotopic (exact) mass is 644 g/mol. The van der Waals surface area contributed by atoms with Crippen molar-refractivity contribution < 1.29 is 56.3 Å². The number of thiophene rings is 2. The number of rotatable bonds is 16. The molecule has 2 aromatic heterocycles. The largest absolute Gasteiger partial charge is 0.493 e. The third-order valence-corrected chi connectivity index (χ3v) is 8.86. The first kappa shape index (κ1) is 32.1. The van der Waals surface area contributed by atoms with E-state index in [1.54, 1.807) is 24.3 Å². The Kier molecular flexibility index (Phi) is 9.90. The fourth-order valence-corrected chi connectivity index (χ4v) is 6.35. The van der Waals surface area contributed by atoms with Gasteiger partial charge in [-0.2, -0.15) is 0 Å². The van der Waals surface area contributed by atoms with E-state index in [2.05, 4.69) is 0 Å². The standard InChI is InChI=1S/C29H28F4O8S2/c1-38-18-10-16-12-24(28(30,31)6-4-26(34)35)42-22(16)14-20(18)40-8-3-9-41-21-15-23-17(11-19(21)39-2)13-25(43-23)29(32,33)7-5-27(36)37/h10-15H,3-9H2,1-2H3,(H,34,35)(H,36,37).